The van der Waals surface area contributed by atoms with Gasteiger partial charge >= 0.3 is 5.97 Å². The molecular weight excluding hydrogens is 200 g/mol. The second-order valence-electron chi connectivity index (χ2n) is 2.73. The molecule has 1 aromatic rings. The Bertz CT molecular complexity index is 323. The molecule has 5 nitrogen and oxygen atoms in total. The Balaban J connectivity index is 2.53. The van der Waals surface area contributed by atoms with Gasteiger partial charge in [0.15, 0.2) is 6.61 Å². The highest BCUT2D eigenvalue weighted by Crippen LogP contribution is 2.19. The van der Waals surface area contributed by atoms with E-state index in [-0.39, 0.29) is 19.8 Å². The predicted molar refractivity (Wildman–Crippen MR) is 52.2 cm³/mol. The zero-order valence-electron chi connectivity index (χ0n) is 8.05. The fourth-order valence-corrected chi connectivity index (χ4v) is 0.962. The van der Waals surface area contributed by atoms with E-state index in [1.165, 1.54) is 0 Å². The molecule has 0 heterocycles. The van der Waals surface area contributed by atoms with Crippen LogP contribution in [-0.4, -0.2) is 36.0 Å². The lowest BCUT2D eigenvalue weighted by molar-refractivity contribution is -0.139. The first-order valence-corrected chi connectivity index (χ1v) is 4.40. The zero-order chi connectivity index (χ0) is 11.1. The van der Waals surface area contributed by atoms with Gasteiger partial charge in [0.05, 0.1) is 6.61 Å². The molecule has 1 aromatic carbocycles. The first-order chi connectivity index (χ1) is 7.22. The lowest BCUT2D eigenvalue weighted by Crippen LogP contribution is -2.09. The minimum absolute atomic E-state index is 0.0692. The molecule has 82 valence electrons. The normalized spacial score (nSPS) is 9.67. The number of aliphatic carboxylic acids is 1. The molecule has 0 radical (unpaired) electrons. The Hall–Kier alpha value is -1.75. The summed E-state index contributed by atoms with van der Waals surface area (Å²) >= 11 is 0. The molecule has 0 unspecified atom stereocenters. The molecule has 0 amide bonds. The number of ether oxygens (including phenoxy) is 2. The van der Waals surface area contributed by atoms with Crippen LogP contribution in [0.25, 0.3) is 0 Å². The van der Waals surface area contributed by atoms with Crippen LogP contribution >= 0.6 is 0 Å². The molecule has 0 fully saturated rings. The molecule has 0 aliphatic carbocycles. The summed E-state index contributed by atoms with van der Waals surface area (Å²) in [7, 11) is 0. The van der Waals surface area contributed by atoms with Crippen molar-refractivity contribution in [2.75, 3.05) is 19.8 Å². The molecule has 0 atom stereocenters. The van der Waals surface area contributed by atoms with Gasteiger partial charge in [-0.25, -0.2) is 4.79 Å². The number of rotatable bonds is 6. The summed E-state index contributed by atoms with van der Waals surface area (Å²) in [5.74, 6) is -0.0727. The predicted octanol–water partition coefficient (Wildman–Crippen LogP) is 0.521. The first kappa shape index (κ1) is 11.3. The molecule has 0 bridgehead atoms. The van der Waals surface area contributed by atoms with Crippen molar-refractivity contribution in [3.8, 4) is 11.5 Å². The van der Waals surface area contributed by atoms with Gasteiger partial charge in [0, 0.05) is 6.07 Å². The van der Waals surface area contributed by atoms with Crippen LogP contribution in [0.3, 0.4) is 0 Å². The van der Waals surface area contributed by atoms with Crippen molar-refractivity contribution < 1.29 is 24.5 Å². The van der Waals surface area contributed by atoms with Gasteiger partial charge in [-0.3, -0.25) is 0 Å². The van der Waals surface area contributed by atoms with Crippen molar-refractivity contribution in [1.82, 2.24) is 0 Å². The highest BCUT2D eigenvalue weighted by atomic mass is 16.5. The van der Waals surface area contributed by atoms with E-state index in [1.807, 2.05) is 0 Å². The fourth-order valence-electron chi connectivity index (χ4n) is 0.962. The summed E-state index contributed by atoms with van der Waals surface area (Å²) in [6.07, 6.45) is 0. The van der Waals surface area contributed by atoms with Gasteiger partial charge in [-0.15, -0.1) is 0 Å². The van der Waals surface area contributed by atoms with Crippen molar-refractivity contribution in [3.05, 3.63) is 24.3 Å². The quantitative estimate of drug-likeness (QED) is 0.719. The topological polar surface area (TPSA) is 76.0 Å². The van der Waals surface area contributed by atoms with Crippen LogP contribution in [0.5, 0.6) is 11.5 Å². The van der Waals surface area contributed by atoms with E-state index in [0.29, 0.717) is 11.5 Å². The van der Waals surface area contributed by atoms with Gasteiger partial charge in [-0.05, 0) is 12.1 Å². The summed E-state index contributed by atoms with van der Waals surface area (Å²) in [6.45, 7) is -0.258. The first-order valence-electron chi connectivity index (χ1n) is 4.40. The molecule has 0 aliphatic rings. The lowest BCUT2D eigenvalue weighted by atomic mass is 10.3. The number of carboxylic acids is 1. The second kappa shape index (κ2) is 5.87. The van der Waals surface area contributed by atoms with Crippen LogP contribution in [0.2, 0.25) is 0 Å². The van der Waals surface area contributed by atoms with Crippen molar-refractivity contribution in [2.45, 2.75) is 0 Å². The number of aliphatic hydroxyl groups excluding tert-OH is 1. The SMILES string of the molecule is O=C(O)COc1cccc(OCCO)c1. The van der Waals surface area contributed by atoms with E-state index < -0.39 is 5.97 Å². The van der Waals surface area contributed by atoms with Gasteiger partial charge in [0.2, 0.25) is 0 Å². The van der Waals surface area contributed by atoms with Crippen LogP contribution in [0.15, 0.2) is 24.3 Å². The molecule has 0 spiro atoms. The Morgan fingerprint density at radius 2 is 1.93 bits per heavy atom. The Kier molecular flexibility index (Phi) is 4.43. The number of carboxylic acid groups (broad SMARTS) is 1. The second-order valence-corrected chi connectivity index (χ2v) is 2.73. The van der Waals surface area contributed by atoms with Crippen molar-refractivity contribution in [3.63, 3.8) is 0 Å². The molecule has 0 aromatic heterocycles. The van der Waals surface area contributed by atoms with E-state index in [0.717, 1.165) is 0 Å². The molecular formula is C10H12O5. The molecule has 5 heteroatoms. The van der Waals surface area contributed by atoms with Crippen LogP contribution in [0, 0.1) is 0 Å². The minimum Gasteiger partial charge on any atom is -0.491 e. The number of hydrogen-bond donors (Lipinski definition) is 2. The summed E-state index contributed by atoms with van der Waals surface area (Å²) in [6, 6.07) is 6.58. The standard InChI is InChI=1S/C10H12O5/c11-4-5-14-8-2-1-3-9(6-8)15-7-10(12)13/h1-3,6,11H,4-5,7H2,(H,12,13). The van der Waals surface area contributed by atoms with Crippen LogP contribution < -0.4 is 9.47 Å². The van der Waals surface area contributed by atoms with Gasteiger partial charge in [0.25, 0.3) is 0 Å². The molecule has 0 saturated heterocycles. The van der Waals surface area contributed by atoms with Crippen LogP contribution in [0.4, 0.5) is 0 Å². The third-order valence-corrected chi connectivity index (χ3v) is 1.53. The zero-order valence-corrected chi connectivity index (χ0v) is 8.05. The Morgan fingerprint density at radius 3 is 2.53 bits per heavy atom. The third-order valence-electron chi connectivity index (χ3n) is 1.53. The van der Waals surface area contributed by atoms with Gasteiger partial charge < -0.3 is 19.7 Å². The molecule has 2 N–H and O–H groups in total. The maximum absolute atomic E-state index is 10.2. The molecule has 15 heavy (non-hydrogen) atoms. The van der Waals surface area contributed by atoms with E-state index in [9.17, 15) is 4.79 Å². The largest absolute Gasteiger partial charge is 0.491 e. The summed E-state index contributed by atoms with van der Waals surface area (Å²) < 4.78 is 10.1. The lowest BCUT2D eigenvalue weighted by Gasteiger charge is -2.06. The maximum Gasteiger partial charge on any atom is 0.341 e. The number of aliphatic hydroxyl groups is 1. The fraction of sp³-hybridized carbons (Fsp3) is 0.300. The van der Waals surface area contributed by atoms with Gasteiger partial charge in [-0.2, -0.15) is 0 Å². The maximum atomic E-state index is 10.2. The van der Waals surface area contributed by atoms with Crippen molar-refractivity contribution in [2.24, 2.45) is 0 Å². The molecule has 0 saturated carbocycles. The molecule has 0 aliphatic heterocycles. The summed E-state index contributed by atoms with van der Waals surface area (Å²) in [5.41, 5.74) is 0. The van der Waals surface area contributed by atoms with E-state index in [2.05, 4.69) is 0 Å². The average Bonchev–Trinajstić information content (AvgIpc) is 2.24. The van der Waals surface area contributed by atoms with Gasteiger partial charge in [-0.1, -0.05) is 6.07 Å². The number of hydrogen-bond acceptors (Lipinski definition) is 4. The smallest absolute Gasteiger partial charge is 0.341 e. The number of benzene rings is 1. The van der Waals surface area contributed by atoms with E-state index in [1.54, 1.807) is 24.3 Å². The monoisotopic (exact) mass is 212 g/mol. The third kappa shape index (κ3) is 4.33. The Morgan fingerprint density at radius 1 is 1.27 bits per heavy atom. The molecule has 1 rings (SSSR count). The summed E-state index contributed by atoms with van der Waals surface area (Å²) in [4.78, 5) is 10.2. The van der Waals surface area contributed by atoms with Crippen molar-refractivity contribution in [1.29, 1.82) is 0 Å². The number of carbonyl (C=O) groups is 1. The minimum atomic E-state index is -1.03. The van der Waals surface area contributed by atoms with Crippen LogP contribution in [0.1, 0.15) is 0 Å². The van der Waals surface area contributed by atoms with Gasteiger partial charge in [0.1, 0.15) is 18.1 Å². The van der Waals surface area contributed by atoms with E-state index >= 15 is 0 Å². The summed E-state index contributed by atoms with van der Waals surface area (Å²) in [5, 5.41) is 16.9. The average molecular weight is 212 g/mol. The highest BCUT2D eigenvalue weighted by molar-refractivity contribution is 5.68. The van der Waals surface area contributed by atoms with Crippen molar-refractivity contribution >= 4 is 5.97 Å². The van der Waals surface area contributed by atoms with Crippen LogP contribution in [-0.2, 0) is 4.79 Å². The Labute approximate surface area is 86.9 Å². The highest BCUT2D eigenvalue weighted by Gasteiger charge is 2.00. The van der Waals surface area contributed by atoms with E-state index in [4.69, 9.17) is 19.7 Å².